The fourth-order valence-corrected chi connectivity index (χ4v) is 5.28. The molecule has 162 valence electrons. The number of benzene rings is 2. The minimum absolute atomic E-state index is 0.0293. The molecule has 1 saturated carbocycles. The molecule has 1 aliphatic carbocycles. The molecular weight excluding hydrogens is 472 g/mol. The summed E-state index contributed by atoms with van der Waals surface area (Å²) in [7, 11) is 0. The number of rotatable bonds is 6. The zero-order valence-electron chi connectivity index (χ0n) is 17.9. The first-order valence-corrected chi connectivity index (χ1v) is 12.5. The SMILES string of the molecule is Cc1cc(C)cc(NC(=O)CSc2nnc(-c3ccc(Br)cc3)n2C2CCCCC2)c1. The van der Waals surface area contributed by atoms with Gasteiger partial charge < -0.3 is 5.32 Å². The Morgan fingerprint density at radius 3 is 2.42 bits per heavy atom. The zero-order chi connectivity index (χ0) is 21.8. The Labute approximate surface area is 196 Å². The lowest BCUT2D eigenvalue weighted by atomic mass is 9.95. The maximum absolute atomic E-state index is 12.6. The van der Waals surface area contributed by atoms with Crippen LogP contribution in [0, 0.1) is 13.8 Å². The largest absolute Gasteiger partial charge is 0.325 e. The summed E-state index contributed by atoms with van der Waals surface area (Å²) >= 11 is 4.97. The van der Waals surface area contributed by atoms with Crippen molar-refractivity contribution in [1.29, 1.82) is 0 Å². The molecule has 0 saturated heterocycles. The van der Waals surface area contributed by atoms with Gasteiger partial charge in [-0.1, -0.05) is 65.2 Å². The summed E-state index contributed by atoms with van der Waals surface area (Å²) in [5, 5.41) is 12.8. The summed E-state index contributed by atoms with van der Waals surface area (Å²) in [6.07, 6.45) is 5.99. The molecule has 0 bridgehead atoms. The molecule has 1 fully saturated rings. The number of amides is 1. The molecule has 0 aliphatic heterocycles. The minimum Gasteiger partial charge on any atom is -0.325 e. The maximum Gasteiger partial charge on any atom is 0.234 e. The van der Waals surface area contributed by atoms with E-state index >= 15 is 0 Å². The van der Waals surface area contributed by atoms with E-state index < -0.39 is 0 Å². The van der Waals surface area contributed by atoms with E-state index in [4.69, 9.17) is 0 Å². The third kappa shape index (κ3) is 5.57. The maximum atomic E-state index is 12.6. The molecule has 2 aromatic carbocycles. The van der Waals surface area contributed by atoms with Gasteiger partial charge in [0, 0.05) is 21.8 Å². The average Bonchev–Trinajstić information content (AvgIpc) is 3.16. The monoisotopic (exact) mass is 498 g/mol. The van der Waals surface area contributed by atoms with Crippen LogP contribution in [0.2, 0.25) is 0 Å². The van der Waals surface area contributed by atoms with E-state index in [1.54, 1.807) is 0 Å². The van der Waals surface area contributed by atoms with Crippen molar-refractivity contribution in [3.8, 4) is 11.4 Å². The first-order valence-electron chi connectivity index (χ1n) is 10.7. The lowest BCUT2D eigenvalue weighted by molar-refractivity contribution is -0.113. The molecule has 1 aliphatic rings. The van der Waals surface area contributed by atoms with Crippen LogP contribution < -0.4 is 5.32 Å². The molecule has 1 heterocycles. The van der Waals surface area contributed by atoms with Crippen molar-refractivity contribution in [1.82, 2.24) is 14.8 Å². The van der Waals surface area contributed by atoms with E-state index in [0.717, 1.165) is 50.7 Å². The smallest absolute Gasteiger partial charge is 0.234 e. The number of carbonyl (C=O) groups is 1. The quantitative estimate of drug-likeness (QED) is 0.390. The number of hydrogen-bond acceptors (Lipinski definition) is 4. The third-order valence-electron chi connectivity index (χ3n) is 5.54. The average molecular weight is 499 g/mol. The van der Waals surface area contributed by atoms with E-state index in [0.29, 0.717) is 11.8 Å². The fraction of sp³-hybridized carbons (Fsp3) is 0.375. The summed E-state index contributed by atoms with van der Waals surface area (Å²) in [6.45, 7) is 4.07. The Morgan fingerprint density at radius 1 is 1.06 bits per heavy atom. The normalized spacial score (nSPS) is 14.5. The summed E-state index contributed by atoms with van der Waals surface area (Å²) in [5.74, 6) is 1.16. The highest BCUT2D eigenvalue weighted by Gasteiger charge is 2.24. The van der Waals surface area contributed by atoms with Crippen LogP contribution in [-0.4, -0.2) is 26.4 Å². The number of carbonyl (C=O) groups excluding carboxylic acids is 1. The molecule has 0 spiro atoms. The van der Waals surface area contributed by atoms with Crippen LogP contribution in [0.5, 0.6) is 0 Å². The molecule has 0 radical (unpaired) electrons. The molecule has 3 aromatic rings. The molecule has 7 heteroatoms. The number of halogens is 1. The number of anilines is 1. The Hall–Kier alpha value is -2.12. The molecule has 5 nitrogen and oxygen atoms in total. The Bertz CT molecular complexity index is 1040. The first-order chi connectivity index (χ1) is 15.0. The topological polar surface area (TPSA) is 59.8 Å². The van der Waals surface area contributed by atoms with Gasteiger partial charge in [0.1, 0.15) is 0 Å². The van der Waals surface area contributed by atoms with Gasteiger partial charge in [-0.2, -0.15) is 0 Å². The molecule has 1 amide bonds. The molecular formula is C24H27BrN4OS. The van der Waals surface area contributed by atoms with Gasteiger partial charge in [0.15, 0.2) is 11.0 Å². The van der Waals surface area contributed by atoms with Crippen LogP contribution >= 0.6 is 27.7 Å². The third-order valence-corrected chi connectivity index (χ3v) is 7.02. The number of nitrogens with one attached hydrogen (secondary N) is 1. The van der Waals surface area contributed by atoms with Crippen molar-refractivity contribution in [2.75, 3.05) is 11.1 Å². The van der Waals surface area contributed by atoms with Crippen molar-refractivity contribution < 1.29 is 4.79 Å². The van der Waals surface area contributed by atoms with Crippen LogP contribution in [0.3, 0.4) is 0 Å². The summed E-state index contributed by atoms with van der Waals surface area (Å²) in [4.78, 5) is 12.6. The second-order valence-corrected chi connectivity index (χ2v) is 10.0. The lowest BCUT2D eigenvalue weighted by Gasteiger charge is -2.25. The van der Waals surface area contributed by atoms with Gasteiger partial charge in [0.25, 0.3) is 0 Å². The summed E-state index contributed by atoms with van der Waals surface area (Å²) in [5.41, 5.74) is 4.17. The first kappa shape index (κ1) is 22.1. The van der Waals surface area contributed by atoms with E-state index in [-0.39, 0.29) is 5.91 Å². The Morgan fingerprint density at radius 2 is 1.74 bits per heavy atom. The molecule has 1 N–H and O–H groups in total. The second kappa shape index (κ2) is 10.0. The van der Waals surface area contributed by atoms with Crippen LogP contribution in [0.4, 0.5) is 5.69 Å². The highest BCUT2D eigenvalue weighted by molar-refractivity contribution is 9.10. The van der Waals surface area contributed by atoms with E-state index in [1.165, 1.54) is 31.0 Å². The molecule has 4 rings (SSSR count). The molecule has 31 heavy (non-hydrogen) atoms. The van der Waals surface area contributed by atoms with Crippen molar-refractivity contribution in [3.63, 3.8) is 0 Å². The predicted molar refractivity (Wildman–Crippen MR) is 131 cm³/mol. The summed E-state index contributed by atoms with van der Waals surface area (Å²) in [6, 6.07) is 14.6. The molecule has 1 aromatic heterocycles. The molecule has 0 atom stereocenters. The van der Waals surface area contributed by atoms with Crippen LogP contribution in [0.1, 0.15) is 49.3 Å². The van der Waals surface area contributed by atoms with E-state index in [9.17, 15) is 4.79 Å². The van der Waals surface area contributed by atoms with Crippen molar-refractivity contribution >= 4 is 39.3 Å². The number of hydrogen-bond donors (Lipinski definition) is 1. The van der Waals surface area contributed by atoms with Gasteiger partial charge >= 0.3 is 0 Å². The fourth-order valence-electron chi connectivity index (χ4n) is 4.21. The van der Waals surface area contributed by atoms with Crippen LogP contribution in [0.15, 0.2) is 52.1 Å². The Kier molecular flexibility index (Phi) is 7.13. The van der Waals surface area contributed by atoms with Crippen LogP contribution in [0.25, 0.3) is 11.4 Å². The van der Waals surface area contributed by atoms with Crippen molar-refractivity contribution in [2.45, 2.75) is 57.1 Å². The summed E-state index contributed by atoms with van der Waals surface area (Å²) < 4.78 is 3.30. The Balaban J connectivity index is 1.53. The van der Waals surface area contributed by atoms with Gasteiger partial charge in [-0.25, -0.2) is 0 Å². The predicted octanol–water partition coefficient (Wildman–Crippen LogP) is 6.56. The van der Waals surface area contributed by atoms with Gasteiger partial charge in [-0.3, -0.25) is 9.36 Å². The highest BCUT2D eigenvalue weighted by Crippen LogP contribution is 2.35. The number of nitrogens with zero attached hydrogens (tertiary/aromatic N) is 3. The molecule has 0 unspecified atom stereocenters. The minimum atomic E-state index is -0.0293. The number of aryl methyl sites for hydroxylation is 2. The zero-order valence-corrected chi connectivity index (χ0v) is 20.3. The second-order valence-electron chi connectivity index (χ2n) is 8.19. The van der Waals surface area contributed by atoms with Crippen LogP contribution in [-0.2, 0) is 4.79 Å². The van der Waals surface area contributed by atoms with Gasteiger partial charge in [-0.15, -0.1) is 10.2 Å². The van der Waals surface area contributed by atoms with E-state index in [1.807, 2.05) is 38.1 Å². The highest BCUT2D eigenvalue weighted by atomic mass is 79.9. The van der Waals surface area contributed by atoms with E-state index in [2.05, 4.69) is 54.2 Å². The van der Waals surface area contributed by atoms with Crippen molar-refractivity contribution in [3.05, 3.63) is 58.1 Å². The number of aromatic nitrogens is 3. The van der Waals surface area contributed by atoms with Crippen molar-refractivity contribution in [2.24, 2.45) is 0 Å². The number of thioether (sulfide) groups is 1. The van der Waals surface area contributed by atoms with Gasteiger partial charge in [0.2, 0.25) is 5.91 Å². The lowest BCUT2D eigenvalue weighted by Crippen LogP contribution is -2.17. The standard InChI is InChI=1S/C24H27BrN4OS/c1-16-12-17(2)14-20(13-16)26-22(30)15-31-24-28-27-23(18-8-10-19(25)11-9-18)29(24)21-6-4-3-5-7-21/h8-14,21H,3-7,15H2,1-2H3,(H,26,30). The van der Waals surface area contributed by atoms with Gasteiger partial charge in [-0.05, 0) is 62.1 Å². The van der Waals surface area contributed by atoms with Gasteiger partial charge in [0.05, 0.1) is 5.75 Å².